The summed E-state index contributed by atoms with van der Waals surface area (Å²) < 4.78 is 5.24. The van der Waals surface area contributed by atoms with E-state index in [1.165, 1.54) is 0 Å². The van der Waals surface area contributed by atoms with Crippen LogP contribution in [0.4, 0.5) is 0 Å². The molecule has 2 N–H and O–H groups in total. The van der Waals surface area contributed by atoms with Crippen LogP contribution in [0.15, 0.2) is 60.7 Å². The molecule has 8 heteroatoms. The minimum atomic E-state index is -0.402. The highest BCUT2D eigenvalue weighted by Gasteiger charge is 2.42. The van der Waals surface area contributed by atoms with Crippen LogP contribution in [-0.4, -0.2) is 39.8 Å². The number of aromatic hydroxyl groups is 1. The number of aromatic nitrogens is 2. The lowest BCUT2D eigenvalue weighted by molar-refractivity contribution is 0.0746. The Bertz CT molecular complexity index is 1400. The van der Waals surface area contributed by atoms with Gasteiger partial charge < -0.3 is 14.7 Å². The lowest BCUT2D eigenvalue weighted by Gasteiger charge is -2.26. The molecule has 1 unspecified atom stereocenters. The number of ether oxygens (including phenoxy) is 1. The molecule has 3 aromatic carbocycles. The number of aromatic amines is 1. The SMILES string of the molecule is COc1ccc(CCN2C(=O)c3[nH]nc(-c4cc(Cl)c(C)cc4O)c3C2c2ccc(Cl)cc2)cc1. The van der Waals surface area contributed by atoms with Crippen LogP contribution in [0.1, 0.15) is 38.8 Å². The summed E-state index contributed by atoms with van der Waals surface area (Å²) in [4.78, 5) is 15.4. The van der Waals surface area contributed by atoms with E-state index < -0.39 is 6.04 Å². The predicted molar refractivity (Wildman–Crippen MR) is 136 cm³/mol. The molecule has 35 heavy (non-hydrogen) atoms. The molecule has 1 aliphatic heterocycles. The highest BCUT2D eigenvalue weighted by atomic mass is 35.5. The summed E-state index contributed by atoms with van der Waals surface area (Å²) in [6.07, 6.45) is 0.661. The molecule has 1 aliphatic rings. The van der Waals surface area contributed by atoms with E-state index in [2.05, 4.69) is 10.2 Å². The number of benzene rings is 3. The van der Waals surface area contributed by atoms with Gasteiger partial charge in [0, 0.05) is 27.7 Å². The fraction of sp³-hybridized carbons (Fsp3) is 0.185. The average Bonchev–Trinajstić information content (AvgIpc) is 3.40. The minimum Gasteiger partial charge on any atom is -0.507 e. The molecule has 0 saturated heterocycles. The quantitative estimate of drug-likeness (QED) is 0.325. The van der Waals surface area contributed by atoms with Crippen LogP contribution in [0.2, 0.25) is 10.0 Å². The van der Waals surface area contributed by atoms with E-state index in [0.717, 1.165) is 22.4 Å². The lowest BCUT2D eigenvalue weighted by atomic mass is 9.95. The molecular weight excluding hydrogens is 485 g/mol. The van der Waals surface area contributed by atoms with Gasteiger partial charge in [-0.2, -0.15) is 5.10 Å². The normalized spacial score (nSPS) is 14.9. The molecule has 5 rings (SSSR count). The lowest BCUT2D eigenvalue weighted by Crippen LogP contribution is -2.31. The van der Waals surface area contributed by atoms with E-state index in [0.29, 0.717) is 45.5 Å². The van der Waals surface area contributed by atoms with E-state index in [9.17, 15) is 9.90 Å². The van der Waals surface area contributed by atoms with Crippen LogP contribution < -0.4 is 4.74 Å². The smallest absolute Gasteiger partial charge is 0.273 e. The molecule has 1 atom stereocenters. The fourth-order valence-electron chi connectivity index (χ4n) is 4.52. The monoisotopic (exact) mass is 507 g/mol. The van der Waals surface area contributed by atoms with Crippen LogP contribution in [0, 0.1) is 6.92 Å². The first kappa shape index (κ1) is 23.3. The van der Waals surface area contributed by atoms with Crippen molar-refractivity contribution in [2.24, 2.45) is 0 Å². The highest BCUT2D eigenvalue weighted by molar-refractivity contribution is 6.31. The van der Waals surface area contributed by atoms with E-state index in [1.54, 1.807) is 31.4 Å². The highest BCUT2D eigenvalue weighted by Crippen LogP contribution is 2.45. The van der Waals surface area contributed by atoms with Gasteiger partial charge in [0.05, 0.1) is 13.2 Å². The Balaban J connectivity index is 1.57. The number of carbonyl (C=O) groups excluding carboxylic acids is 1. The number of aryl methyl sites for hydroxylation is 1. The summed E-state index contributed by atoms with van der Waals surface area (Å²) in [5, 5.41) is 19.2. The number of nitrogens with zero attached hydrogens (tertiary/aromatic N) is 2. The van der Waals surface area contributed by atoms with Gasteiger partial charge in [-0.05, 0) is 66.4 Å². The number of hydrogen-bond acceptors (Lipinski definition) is 4. The Labute approximate surface area is 213 Å². The van der Waals surface area contributed by atoms with Crippen LogP contribution in [-0.2, 0) is 6.42 Å². The molecule has 0 saturated carbocycles. The zero-order chi connectivity index (χ0) is 24.7. The maximum Gasteiger partial charge on any atom is 0.273 e. The molecule has 0 bridgehead atoms. The molecular formula is C27H23Cl2N3O3. The van der Waals surface area contributed by atoms with Crippen molar-refractivity contribution in [2.45, 2.75) is 19.4 Å². The zero-order valence-electron chi connectivity index (χ0n) is 19.2. The largest absolute Gasteiger partial charge is 0.507 e. The fourth-order valence-corrected chi connectivity index (χ4v) is 4.81. The Hall–Kier alpha value is -3.48. The summed E-state index contributed by atoms with van der Waals surface area (Å²) in [6, 6.07) is 18.1. The van der Waals surface area contributed by atoms with Crippen molar-refractivity contribution in [1.29, 1.82) is 0 Å². The first-order valence-corrected chi connectivity index (χ1v) is 11.9. The van der Waals surface area contributed by atoms with Gasteiger partial charge in [0.25, 0.3) is 5.91 Å². The summed E-state index contributed by atoms with van der Waals surface area (Å²) in [6.45, 7) is 2.31. The molecule has 0 aliphatic carbocycles. The van der Waals surface area contributed by atoms with E-state index in [4.69, 9.17) is 27.9 Å². The van der Waals surface area contributed by atoms with Gasteiger partial charge in [-0.15, -0.1) is 0 Å². The minimum absolute atomic E-state index is 0.0557. The van der Waals surface area contributed by atoms with E-state index >= 15 is 0 Å². The number of H-pyrrole nitrogens is 1. The van der Waals surface area contributed by atoms with Crippen LogP contribution in [0.25, 0.3) is 11.3 Å². The second-order valence-corrected chi connectivity index (χ2v) is 9.37. The van der Waals surface area contributed by atoms with Gasteiger partial charge in [-0.3, -0.25) is 9.89 Å². The van der Waals surface area contributed by atoms with Crippen molar-refractivity contribution in [1.82, 2.24) is 15.1 Å². The molecule has 0 radical (unpaired) electrons. The molecule has 4 aromatic rings. The van der Waals surface area contributed by atoms with Gasteiger partial charge in [0.2, 0.25) is 0 Å². The summed E-state index contributed by atoms with van der Waals surface area (Å²) in [5.41, 5.74) is 4.84. The zero-order valence-corrected chi connectivity index (χ0v) is 20.7. The summed E-state index contributed by atoms with van der Waals surface area (Å²) >= 11 is 12.5. The second kappa shape index (κ2) is 9.29. The molecule has 2 heterocycles. The third-order valence-corrected chi connectivity index (χ3v) is 7.04. The molecule has 0 fully saturated rings. The van der Waals surface area contributed by atoms with Crippen molar-refractivity contribution >= 4 is 29.1 Å². The van der Waals surface area contributed by atoms with E-state index in [1.807, 2.05) is 48.2 Å². The molecule has 0 spiro atoms. The molecule has 6 nitrogen and oxygen atoms in total. The van der Waals surface area contributed by atoms with Gasteiger partial charge in [-0.25, -0.2) is 0 Å². The van der Waals surface area contributed by atoms with Gasteiger partial charge in [0.1, 0.15) is 22.9 Å². The Morgan fingerprint density at radius 2 is 1.80 bits per heavy atom. The van der Waals surface area contributed by atoms with Crippen LogP contribution in [0.3, 0.4) is 0 Å². The third kappa shape index (κ3) is 4.24. The first-order chi connectivity index (χ1) is 16.9. The van der Waals surface area contributed by atoms with Crippen LogP contribution >= 0.6 is 23.2 Å². The predicted octanol–water partition coefficient (Wildman–Crippen LogP) is 6.19. The van der Waals surface area contributed by atoms with Crippen LogP contribution in [0.5, 0.6) is 11.5 Å². The maximum atomic E-state index is 13.5. The van der Waals surface area contributed by atoms with Crippen molar-refractivity contribution in [3.05, 3.63) is 98.7 Å². The standard InChI is InChI=1S/C27H23Cl2N3O3/c1-15-13-22(33)20(14-21(15)29)24-23-25(31-30-24)27(34)32(26(23)17-5-7-18(28)8-6-17)12-11-16-3-9-19(35-2)10-4-16/h3-10,13-14,26,33H,11-12H2,1-2H3,(H,30,31). The van der Waals surface area contributed by atoms with Crippen molar-refractivity contribution in [3.8, 4) is 22.8 Å². The molecule has 1 amide bonds. The van der Waals surface area contributed by atoms with Gasteiger partial charge >= 0.3 is 0 Å². The average molecular weight is 508 g/mol. The van der Waals surface area contributed by atoms with Gasteiger partial charge in [-0.1, -0.05) is 47.5 Å². The topological polar surface area (TPSA) is 78.5 Å². The van der Waals surface area contributed by atoms with Crippen molar-refractivity contribution in [3.63, 3.8) is 0 Å². The third-order valence-electron chi connectivity index (χ3n) is 6.38. The summed E-state index contributed by atoms with van der Waals surface area (Å²) in [5.74, 6) is 0.692. The number of halogens is 2. The first-order valence-electron chi connectivity index (χ1n) is 11.1. The number of amides is 1. The van der Waals surface area contributed by atoms with E-state index in [-0.39, 0.29) is 11.7 Å². The Kier molecular flexibility index (Phi) is 6.17. The molecule has 1 aromatic heterocycles. The number of phenolic OH excluding ortho intramolecular Hbond substituents is 1. The number of phenols is 1. The number of hydrogen-bond donors (Lipinski definition) is 2. The number of nitrogens with one attached hydrogen (secondary N) is 1. The summed E-state index contributed by atoms with van der Waals surface area (Å²) in [7, 11) is 1.63. The van der Waals surface area contributed by atoms with Gasteiger partial charge in [0.15, 0.2) is 0 Å². The maximum absolute atomic E-state index is 13.5. The Morgan fingerprint density at radius 3 is 2.49 bits per heavy atom. The number of rotatable bonds is 6. The van der Waals surface area contributed by atoms with Crippen molar-refractivity contribution < 1.29 is 14.6 Å². The Morgan fingerprint density at radius 1 is 1.09 bits per heavy atom. The van der Waals surface area contributed by atoms with Crippen molar-refractivity contribution in [2.75, 3.05) is 13.7 Å². The number of fused-ring (bicyclic) bond motifs is 1. The number of carbonyl (C=O) groups is 1. The number of methoxy groups -OCH3 is 1. The molecule has 178 valence electrons. The second-order valence-electron chi connectivity index (χ2n) is 8.53.